The minimum atomic E-state index is -3.54. The fourth-order valence-electron chi connectivity index (χ4n) is 2.44. The van der Waals surface area contributed by atoms with Gasteiger partial charge in [0.15, 0.2) is 6.10 Å². The molecule has 0 saturated carbocycles. The Kier molecular flexibility index (Phi) is 4.92. The van der Waals surface area contributed by atoms with E-state index in [0.29, 0.717) is 17.1 Å². The van der Waals surface area contributed by atoms with Crippen LogP contribution >= 0.6 is 0 Å². The first-order chi connectivity index (χ1) is 12.4. The summed E-state index contributed by atoms with van der Waals surface area (Å²) >= 11 is 0. The third-order valence-corrected chi connectivity index (χ3v) is 5.22. The fraction of sp³-hybridized carbons (Fsp3) is 0.176. The number of nitrogens with one attached hydrogen (secondary N) is 3. The van der Waals surface area contributed by atoms with Crippen LogP contribution in [0.1, 0.15) is 6.42 Å². The Labute approximate surface area is 150 Å². The molecule has 0 aromatic heterocycles. The van der Waals surface area contributed by atoms with E-state index in [2.05, 4.69) is 15.4 Å². The molecule has 1 aliphatic heterocycles. The van der Waals surface area contributed by atoms with Gasteiger partial charge < -0.3 is 15.4 Å². The van der Waals surface area contributed by atoms with Crippen molar-refractivity contribution in [1.29, 1.82) is 0 Å². The van der Waals surface area contributed by atoms with Gasteiger partial charge in [-0.3, -0.25) is 9.59 Å². The topological polar surface area (TPSA) is 114 Å². The first-order valence-electron chi connectivity index (χ1n) is 7.79. The van der Waals surface area contributed by atoms with Crippen molar-refractivity contribution < 1.29 is 22.7 Å². The number of para-hydroxylation sites is 2. The number of benzene rings is 2. The highest BCUT2D eigenvalue weighted by molar-refractivity contribution is 7.89. The van der Waals surface area contributed by atoms with E-state index in [1.165, 1.54) is 31.3 Å². The molecule has 1 aliphatic rings. The SMILES string of the molecule is CNS(=O)(=O)c1ccc(NC(=O)C[C@H]2Oc3ccccc3NC2=O)cc1. The zero-order chi connectivity index (χ0) is 18.7. The highest BCUT2D eigenvalue weighted by Crippen LogP contribution is 2.29. The van der Waals surface area contributed by atoms with Gasteiger partial charge in [0.25, 0.3) is 5.91 Å². The number of sulfonamides is 1. The van der Waals surface area contributed by atoms with Crippen molar-refractivity contribution in [3.05, 3.63) is 48.5 Å². The van der Waals surface area contributed by atoms with E-state index in [-0.39, 0.29) is 11.3 Å². The summed E-state index contributed by atoms with van der Waals surface area (Å²) in [6, 6.07) is 12.7. The summed E-state index contributed by atoms with van der Waals surface area (Å²) in [4.78, 5) is 24.3. The van der Waals surface area contributed by atoms with Crippen LogP contribution in [0.5, 0.6) is 5.75 Å². The predicted molar refractivity (Wildman–Crippen MR) is 95.4 cm³/mol. The number of hydrogen-bond acceptors (Lipinski definition) is 5. The second kappa shape index (κ2) is 7.14. The van der Waals surface area contributed by atoms with E-state index in [1.54, 1.807) is 24.3 Å². The predicted octanol–water partition coefficient (Wildman–Crippen LogP) is 1.32. The molecule has 0 bridgehead atoms. The first-order valence-corrected chi connectivity index (χ1v) is 9.27. The maximum Gasteiger partial charge on any atom is 0.266 e. The Bertz CT molecular complexity index is 941. The van der Waals surface area contributed by atoms with Crippen LogP contribution in [0, 0.1) is 0 Å². The Balaban J connectivity index is 1.63. The zero-order valence-corrected chi connectivity index (χ0v) is 14.7. The fourth-order valence-corrected chi connectivity index (χ4v) is 3.17. The summed E-state index contributed by atoms with van der Waals surface area (Å²) in [5.41, 5.74) is 0.983. The molecule has 136 valence electrons. The molecule has 0 unspecified atom stereocenters. The van der Waals surface area contributed by atoms with Crippen molar-refractivity contribution in [2.75, 3.05) is 17.7 Å². The third-order valence-electron chi connectivity index (χ3n) is 3.79. The lowest BCUT2D eigenvalue weighted by atomic mass is 10.1. The minimum absolute atomic E-state index is 0.0876. The van der Waals surface area contributed by atoms with E-state index < -0.39 is 27.9 Å². The lowest BCUT2D eigenvalue weighted by Crippen LogP contribution is -2.39. The number of amides is 2. The molecule has 3 rings (SSSR count). The molecule has 0 saturated heterocycles. The van der Waals surface area contributed by atoms with E-state index in [9.17, 15) is 18.0 Å². The molecule has 8 nitrogen and oxygen atoms in total. The van der Waals surface area contributed by atoms with Crippen LogP contribution in [0.15, 0.2) is 53.4 Å². The Morgan fingerprint density at radius 1 is 1.15 bits per heavy atom. The summed E-state index contributed by atoms with van der Waals surface area (Å²) < 4.78 is 31.1. The second-order valence-electron chi connectivity index (χ2n) is 5.58. The Hall–Kier alpha value is -2.91. The van der Waals surface area contributed by atoms with Gasteiger partial charge >= 0.3 is 0 Å². The molecule has 2 aromatic rings. The number of fused-ring (bicyclic) bond motifs is 1. The van der Waals surface area contributed by atoms with Gasteiger partial charge in [0, 0.05) is 5.69 Å². The van der Waals surface area contributed by atoms with E-state index in [1.807, 2.05) is 0 Å². The van der Waals surface area contributed by atoms with Crippen LogP contribution in [0.3, 0.4) is 0 Å². The number of carbonyl (C=O) groups excluding carboxylic acids is 2. The number of rotatable bonds is 5. The summed E-state index contributed by atoms with van der Waals surface area (Å²) in [5, 5.41) is 5.31. The molecule has 9 heteroatoms. The standard InChI is InChI=1S/C17H17N3O5S/c1-18-26(23,24)12-8-6-11(7-9-12)19-16(21)10-15-17(22)20-13-4-2-3-5-14(13)25-15/h2-9,15,18H,10H2,1H3,(H,19,21)(H,20,22)/t15-/m1/s1. The van der Waals surface area contributed by atoms with Crippen LogP contribution in [-0.4, -0.2) is 33.4 Å². The van der Waals surface area contributed by atoms with E-state index in [0.717, 1.165) is 0 Å². The Morgan fingerprint density at radius 2 is 1.85 bits per heavy atom. The van der Waals surface area contributed by atoms with Crippen LogP contribution in [0.4, 0.5) is 11.4 Å². The minimum Gasteiger partial charge on any atom is -0.478 e. The first kappa shape index (κ1) is 17.9. The van der Waals surface area contributed by atoms with Crippen molar-refractivity contribution in [2.24, 2.45) is 0 Å². The van der Waals surface area contributed by atoms with Crippen LogP contribution in [0.2, 0.25) is 0 Å². The molecule has 26 heavy (non-hydrogen) atoms. The van der Waals surface area contributed by atoms with Crippen LogP contribution < -0.4 is 20.1 Å². The van der Waals surface area contributed by atoms with Gasteiger partial charge in [-0.05, 0) is 43.4 Å². The summed E-state index contributed by atoms with van der Waals surface area (Å²) in [5.74, 6) is -0.311. The molecule has 0 aliphatic carbocycles. The molecule has 0 radical (unpaired) electrons. The smallest absolute Gasteiger partial charge is 0.266 e. The quantitative estimate of drug-likeness (QED) is 0.729. The second-order valence-corrected chi connectivity index (χ2v) is 7.46. The number of ether oxygens (including phenoxy) is 1. The van der Waals surface area contributed by atoms with Crippen molar-refractivity contribution in [2.45, 2.75) is 17.4 Å². The normalized spacial score (nSPS) is 16.2. The molecule has 2 amide bonds. The van der Waals surface area contributed by atoms with Gasteiger partial charge in [-0.15, -0.1) is 0 Å². The highest BCUT2D eigenvalue weighted by Gasteiger charge is 2.29. The van der Waals surface area contributed by atoms with Gasteiger partial charge in [0.2, 0.25) is 15.9 Å². The van der Waals surface area contributed by atoms with Crippen LogP contribution in [0.25, 0.3) is 0 Å². The maximum atomic E-state index is 12.2. The monoisotopic (exact) mass is 375 g/mol. The average Bonchev–Trinajstić information content (AvgIpc) is 2.63. The van der Waals surface area contributed by atoms with Gasteiger partial charge in [-0.25, -0.2) is 13.1 Å². The number of hydrogen-bond donors (Lipinski definition) is 3. The molecule has 2 aromatic carbocycles. The summed E-state index contributed by atoms with van der Waals surface area (Å²) in [7, 11) is -2.22. The number of carbonyl (C=O) groups is 2. The lowest BCUT2D eigenvalue weighted by molar-refractivity contribution is -0.128. The molecular formula is C17H17N3O5S. The van der Waals surface area contributed by atoms with Crippen LogP contribution in [-0.2, 0) is 19.6 Å². The van der Waals surface area contributed by atoms with Gasteiger partial charge in [-0.2, -0.15) is 0 Å². The zero-order valence-electron chi connectivity index (χ0n) is 13.9. The van der Waals surface area contributed by atoms with E-state index >= 15 is 0 Å². The van der Waals surface area contributed by atoms with Crippen molar-refractivity contribution >= 4 is 33.2 Å². The largest absolute Gasteiger partial charge is 0.478 e. The lowest BCUT2D eigenvalue weighted by Gasteiger charge is -2.25. The summed E-state index contributed by atoms with van der Waals surface area (Å²) in [6.45, 7) is 0. The van der Waals surface area contributed by atoms with Crippen molar-refractivity contribution in [1.82, 2.24) is 4.72 Å². The highest BCUT2D eigenvalue weighted by atomic mass is 32.2. The Morgan fingerprint density at radius 3 is 2.54 bits per heavy atom. The summed E-state index contributed by atoms with van der Waals surface area (Å²) in [6.07, 6.45) is -1.11. The third kappa shape index (κ3) is 3.84. The average molecular weight is 375 g/mol. The van der Waals surface area contributed by atoms with Crippen molar-refractivity contribution in [3.63, 3.8) is 0 Å². The number of anilines is 2. The molecular weight excluding hydrogens is 358 g/mol. The van der Waals surface area contributed by atoms with E-state index in [4.69, 9.17) is 4.74 Å². The van der Waals surface area contributed by atoms with Crippen molar-refractivity contribution in [3.8, 4) is 5.75 Å². The van der Waals surface area contributed by atoms with Gasteiger partial charge in [0.1, 0.15) is 5.75 Å². The maximum absolute atomic E-state index is 12.2. The molecule has 1 heterocycles. The van der Waals surface area contributed by atoms with Gasteiger partial charge in [0.05, 0.1) is 17.0 Å². The molecule has 0 fully saturated rings. The molecule has 3 N–H and O–H groups in total. The molecule has 0 spiro atoms. The van der Waals surface area contributed by atoms with Gasteiger partial charge in [-0.1, -0.05) is 12.1 Å². The molecule has 1 atom stereocenters.